The lowest BCUT2D eigenvalue weighted by Crippen LogP contribution is -2.53. The number of hydrogen-bond donors (Lipinski definition) is 2. The lowest BCUT2D eigenvalue weighted by molar-refractivity contribution is -0.151. The minimum absolute atomic E-state index is 0.218. The van der Waals surface area contributed by atoms with Crippen molar-refractivity contribution in [1.82, 2.24) is 15.7 Å². The maximum Gasteiger partial charge on any atom is 0.380 e. The maximum absolute atomic E-state index is 15.4. The summed E-state index contributed by atoms with van der Waals surface area (Å²) in [6, 6.07) is 9.59. The van der Waals surface area contributed by atoms with Gasteiger partial charge in [-0.3, -0.25) is 4.79 Å². The van der Waals surface area contributed by atoms with E-state index in [2.05, 4.69) is 15.7 Å². The molecule has 2 atom stereocenters. The van der Waals surface area contributed by atoms with Gasteiger partial charge in [0, 0.05) is 17.0 Å². The summed E-state index contributed by atoms with van der Waals surface area (Å²) in [5.74, 6) is -4.99. The first kappa shape index (κ1) is 25.7. The van der Waals surface area contributed by atoms with Crippen molar-refractivity contribution in [3.05, 3.63) is 58.8 Å². The summed E-state index contributed by atoms with van der Waals surface area (Å²) in [5.41, 5.74) is 3.79. The molecule has 8 nitrogen and oxygen atoms in total. The van der Waals surface area contributed by atoms with E-state index in [9.17, 15) is 4.79 Å². The first-order valence-corrected chi connectivity index (χ1v) is 12.5. The van der Waals surface area contributed by atoms with Crippen molar-refractivity contribution in [3.8, 4) is 11.5 Å². The van der Waals surface area contributed by atoms with Crippen LogP contribution in [0.5, 0.6) is 11.5 Å². The third-order valence-corrected chi connectivity index (χ3v) is 6.85. The summed E-state index contributed by atoms with van der Waals surface area (Å²) < 4.78 is 47.4. The molecular formula is C26H28ClF2N3O5. The number of carbonyl (C=O) groups excluding carboxylic acids is 1. The first-order valence-electron chi connectivity index (χ1n) is 12.1. The molecule has 2 aromatic carbocycles. The fourth-order valence-electron chi connectivity index (χ4n) is 4.78. The van der Waals surface area contributed by atoms with E-state index >= 15 is 8.78 Å². The number of benzene rings is 2. The minimum Gasteiger partial charge on any atom is -0.486 e. The van der Waals surface area contributed by atoms with Gasteiger partial charge < -0.3 is 28.9 Å². The average Bonchev–Trinajstić information content (AvgIpc) is 3.56. The van der Waals surface area contributed by atoms with Crippen LogP contribution in [0, 0.1) is 0 Å². The Kier molecular flexibility index (Phi) is 7.52. The van der Waals surface area contributed by atoms with Crippen molar-refractivity contribution in [2.45, 2.75) is 30.8 Å². The second kappa shape index (κ2) is 10.8. The van der Waals surface area contributed by atoms with Crippen molar-refractivity contribution >= 4 is 28.5 Å². The van der Waals surface area contributed by atoms with E-state index in [1.54, 1.807) is 18.2 Å². The van der Waals surface area contributed by atoms with Crippen LogP contribution < -0.4 is 20.3 Å². The second-order valence-electron chi connectivity index (χ2n) is 9.16. The molecule has 3 heterocycles. The number of nitrogens with one attached hydrogen (secondary N) is 2. The van der Waals surface area contributed by atoms with Crippen LogP contribution in [0.2, 0.25) is 5.02 Å². The fourth-order valence-corrected chi connectivity index (χ4v) is 4.96. The second-order valence-corrected chi connectivity index (χ2v) is 9.59. The molecule has 2 N–H and O–H groups in total. The third-order valence-electron chi connectivity index (χ3n) is 6.62. The third kappa shape index (κ3) is 5.52. The molecular weight excluding hydrogens is 508 g/mol. The van der Waals surface area contributed by atoms with Crippen LogP contribution in [0.1, 0.15) is 30.2 Å². The number of ether oxygens (including phenoxy) is 2. The van der Waals surface area contributed by atoms with Crippen LogP contribution in [0.4, 0.5) is 8.78 Å². The SMILES string of the molecule is CON[C@H](c1ccc2c(c1)OCCO2)[C@@H](CN1CCCC1)NC(=O)C(F)(F)c1cc2cc(Cl)ccc2o1. The fraction of sp³-hybridized carbons (Fsp3) is 0.423. The summed E-state index contributed by atoms with van der Waals surface area (Å²) in [7, 11) is 1.44. The smallest absolute Gasteiger partial charge is 0.380 e. The zero-order chi connectivity index (χ0) is 26.0. The molecule has 0 spiro atoms. The number of alkyl halides is 2. The summed E-state index contributed by atoms with van der Waals surface area (Å²) in [6.07, 6.45) is 2.01. The van der Waals surface area contributed by atoms with E-state index in [0.29, 0.717) is 47.2 Å². The van der Waals surface area contributed by atoms with Gasteiger partial charge in [-0.05, 0) is 67.9 Å². The van der Waals surface area contributed by atoms with Gasteiger partial charge in [0.25, 0.3) is 5.91 Å². The van der Waals surface area contributed by atoms with Gasteiger partial charge in [-0.2, -0.15) is 14.3 Å². The topological polar surface area (TPSA) is 85.2 Å². The van der Waals surface area contributed by atoms with E-state index in [0.717, 1.165) is 32.0 Å². The van der Waals surface area contributed by atoms with E-state index < -0.39 is 29.7 Å². The number of furan rings is 1. The van der Waals surface area contributed by atoms with E-state index in [-0.39, 0.29) is 5.58 Å². The number of likely N-dealkylation sites (tertiary alicyclic amines) is 1. The van der Waals surface area contributed by atoms with Crippen molar-refractivity contribution in [1.29, 1.82) is 0 Å². The van der Waals surface area contributed by atoms with Gasteiger partial charge >= 0.3 is 5.92 Å². The minimum atomic E-state index is -3.92. The molecule has 11 heteroatoms. The number of nitrogens with zero attached hydrogens (tertiary/aromatic N) is 1. The van der Waals surface area contributed by atoms with Gasteiger partial charge in [0.2, 0.25) is 0 Å². The Morgan fingerprint density at radius 2 is 1.86 bits per heavy atom. The van der Waals surface area contributed by atoms with Crippen molar-refractivity contribution < 1.29 is 32.3 Å². The Morgan fingerprint density at radius 1 is 1.11 bits per heavy atom. The van der Waals surface area contributed by atoms with Crippen molar-refractivity contribution in [3.63, 3.8) is 0 Å². The molecule has 1 saturated heterocycles. The van der Waals surface area contributed by atoms with Gasteiger partial charge in [0.05, 0.1) is 19.2 Å². The van der Waals surface area contributed by atoms with Gasteiger partial charge in [-0.15, -0.1) is 0 Å². The molecule has 198 valence electrons. The summed E-state index contributed by atoms with van der Waals surface area (Å²) in [4.78, 5) is 20.5. The Labute approximate surface area is 217 Å². The monoisotopic (exact) mass is 535 g/mol. The van der Waals surface area contributed by atoms with Gasteiger partial charge in [0.15, 0.2) is 17.3 Å². The molecule has 37 heavy (non-hydrogen) atoms. The molecule has 2 aliphatic rings. The molecule has 3 aromatic rings. The van der Waals surface area contributed by atoms with Crippen LogP contribution in [0.15, 0.2) is 46.9 Å². The lowest BCUT2D eigenvalue weighted by atomic mass is 9.98. The molecule has 0 aliphatic carbocycles. The Hall–Kier alpha value is -2.92. The zero-order valence-corrected chi connectivity index (χ0v) is 21.0. The molecule has 0 unspecified atom stereocenters. The number of hydroxylamine groups is 1. The normalized spacial score (nSPS) is 17.6. The number of halogens is 3. The van der Waals surface area contributed by atoms with Gasteiger partial charge in [0.1, 0.15) is 18.8 Å². The predicted molar refractivity (Wildman–Crippen MR) is 133 cm³/mol. The highest BCUT2D eigenvalue weighted by Crippen LogP contribution is 2.36. The molecule has 1 aromatic heterocycles. The number of fused-ring (bicyclic) bond motifs is 2. The standard InChI is InChI=1S/C26H28ClF2N3O5/c1-34-31-24(16-4-6-21-22(13-16)36-11-10-35-21)19(15-32-8-2-3-9-32)30-25(33)26(28,29)23-14-17-12-18(27)5-7-20(17)37-23/h4-7,12-14,19,24,31H,2-3,8-11,15H2,1H3,(H,30,33)/t19-,24-/m1/s1. The van der Waals surface area contributed by atoms with E-state index in [1.165, 1.54) is 25.3 Å². The zero-order valence-electron chi connectivity index (χ0n) is 20.3. The molecule has 0 saturated carbocycles. The average molecular weight is 536 g/mol. The highest BCUT2D eigenvalue weighted by Gasteiger charge is 2.46. The number of rotatable bonds is 9. The summed E-state index contributed by atoms with van der Waals surface area (Å²) in [5, 5.41) is 3.34. The Bertz CT molecular complexity index is 1260. The molecule has 0 radical (unpaired) electrons. The quantitative estimate of drug-likeness (QED) is 0.392. The first-order chi connectivity index (χ1) is 17.8. The van der Waals surface area contributed by atoms with Crippen LogP contribution in [0.25, 0.3) is 11.0 Å². The van der Waals surface area contributed by atoms with Gasteiger partial charge in [-0.25, -0.2) is 0 Å². The van der Waals surface area contributed by atoms with E-state index in [4.69, 9.17) is 30.3 Å². The highest BCUT2D eigenvalue weighted by atomic mass is 35.5. The number of carbonyl (C=O) groups is 1. The maximum atomic E-state index is 15.4. The predicted octanol–water partition coefficient (Wildman–Crippen LogP) is 4.42. The van der Waals surface area contributed by atoms with Crippen molar-refractivity contribution in [2.24, 2.45) is 0 Å². The molecule has 1 amide bonds. The number of amides is 1. The van der Waals surface area contributed by atoms with Crippen molar-refractivity contribution in [2.75, 3.05) is 40.0 Å². The lowest BCUT2D eigenvalue weighted by Gasteiger charge is -2.33. The molecule has 5 rings (SSSR count). The van der Waals surface area contributed by atoms with Gasteiger partial charge in [-0.1, -0.05) is 17.7 Å². The molecule has 0 bridgehead atoms. The van der Waals surface area contributed by atoms with Crippen LogP contribution in [0.3, 0.4) is 0 Å². The largest absolute Gasteiger partial charge is 0.486 e. The number of hydrogen-bond acceptors (Lipinski definition) is 7. The molecule has 1 fully saturated rings. The molecule has 2 aliphatic heterocycles. The Balaban J connectivity index is 1.44. The Morgan fingerprint density at radius 3 is 2.62 bits per heavy atom. The van der Waals surface area contributed by atoms with Crippen LogP contribution >= 0.6 is 11.6 Å². The van der Waals surface area contributed by atoms with Crippen LogP contribution in [-0.4, -0.2) is 56.8 Å². The van der Waals surface area contributed by atoms with Crippen LogP contribution in [-0.2, 0) is 15.6 Å². The summed E-state index contributed by atoms with van der Waals surface area (Å²) >= 11 is 5.97. The summed E-state index contributed by atoms with van der Waals surface area (Å²) in [6.45, 7) is 2.82. The highest BCUT2D eigenvalue weighted by molar-refractivity contribution is 6.31. The van der Waals surface area contributed by atoms with E-state index in [1.807, 2.05) is 0 Å².